The number of anilines is 1. The molecule has 0 radical (unpaired) electrons. The summed E-state index contributed by atoms with van der Waals surface area (Å²) in [6.45, 7) is 3.45. The van der Waals surface area contributed by atoms with Crippen LogP contribution in [0.4, 0.5) is 18.9 Å². The largest absolute Gasteiger partial charge is 0.416 e. The first-order chi connectivity index (χ1) is 19.8. The second kappa shape index (κ2) is 14.4. The fraction of sp³-hybridized carbons (Fsp3) is 0.355. The molecular weight excluding hydrogens is 567 g/mol. The van der Waals surface area contributed by atoms with E-state index in [-0.39, 0.29) is 18.7 Å². The van der Waals surface area contributed by atoms with E-state index in [1.807, 2.05) is 62.4 Å². The van der Waals surface area contributed by atoms with Crippen molar-refractivity contribution in [1.82, 2.24) is 10.2 Å². The molecule has 2 amide bonds. The number of nitrogens with one attached hydrogen (secondary N) is 1. The predicted molar refractivity (Wildman–Crippen MR) is 157 cm³/mol. The van der Waals surface area contributed by atoms with E-state index < -0.39 is 46.2 Å². The fourth-order valence-electron chi connectivity index (χ4n) is 4.52. The van der Waals surface area contributed by atoms with Gasteiger partial charge in [0, 0.05) is 19.5 Å². The molecule has 0 saturated heterocycles. The van der Waals surface area contributed by atoms with Crippen LogP contribution in [0.1, 0.15) is 42.0 Å². The van der Waals surface area contributed by atoms with Crippen LogP contribution in [0.25, 0.3) is 0 Å². The van der Waals surface area contributed by atoms with E-state index in [1.165, 1.54) is 11.0 Å². The molecule has 3 rings (SSSR count). The number of amides is 2. The number of hydrogen-bond donors (Lipinski definition) is 1. The van der Waals surface area contributed by atoms with Gasteiger partial charge in [-0.1, -0.05) is 79.6 Å². The maximum Gasteiger partial charge on any atom is 0.416 e. The number of benzene rings is 3. The Morgan fingerprint density at radius 1 is 0.929 bits per heavy atom. The van der Waals surface area contributed by atoms with Crippen molar-refractivity contribution in [2.45, 2.75) is 51.9 Å². The second-order valence-electron chi connectivity index (χ2n) is 10.2. The van der Waals surface area contributed by atoms with E-state index in [0.717, 1.165) is 42.4 Å². The van der Waals surface area contributed by atoms with E-state index in [4.69, 9.17) is 0 Å². The van der Waals surface area contributed by atoms with Crippen molar-refractivity contribution in [1.29, 1.82) is 0 Å². The number of hydrogen-bond acceptors (Lipinski definition) is 4. The van der Waals surface area contributed by atoms with Crippen LogP contribution in [-0.4, -0.2) is 50.5 Å². The lowest BCUT2D eigenvalue weighted by Crippen LogP contribution is -2.53. The van der Waals surface area contributed by atoms with Crippen LogP contribution in [0, 0.1) is 6.92 Å². The molecule has 226 valence electrons. The van der Waals surface area contributed by atoms with E-state index in [0.29, 0.717) is 22.5 Å². The standard InChI is InChI=1S/C31H36F3N3O4S/c1-4-5-17-35-30(39)28(19-24-12-7-6-8-13-24)36(21-25-14-9-11-23(2)18-25)29(38)22-37(42(3,40)41)27-16-10-15-26(20-27)31(32,33)34/h6-16,18,20,28H,4-5,17,19,21-22H2,1-3H3,(H,35,39). The maximum absolute atomic E-state index is 14.0. The molecule has 3 aromatic rings. The highest BCUT2D eigenvalue weighted by Gasteiger charge is 2.35. The first-order valence-electron chi connectivity index (χ1n) is 13.6. The molecular formula is C31H36F3N3O4S. The summed E-state index contributed by atoms with van der Waals surface area (Å²) in [5, 5.41) is 2.89. The zero-order chi connectivity index (χ0) is 30.9. The Kier molecular flexibility index (Phi) is 11.2. The molecule has 0 aromatic heterocycles. The minimum Gasteiger partial charge on any atom is -0.354 e. The van der Waals surface area contributed by atoms with Crippen LogP contribution in [0.3, 0.4) is 0 Å². The SMILES string of the molecule is CCCCNC(=O)C(Cc1ccccc1)N(Cc1cccc(C)c1)C(=O)CN(c1cccc(C(F)(F)F)c1)S(C)(=O)=O. The van der Waals surface area contributed by atoms with Gasteiger partial charge in [-0.2, -0.15) is 13.2 Å². The zero-order valence-electron chi connectivity index (χ0n) is 23.9. The highest BCUT2D eigenvalue weighted by Crippen LogP contribution is 2.32. The van der Waals surface area contributed by atoms with Gasteiger partial charge in [0.2, 0.25) is 21.8 Å². The van der Waals surface area contributed by atoms with Crippen molar-refractivity contribution in [2.75, 3.05) is 23.7 Å². The molecule has 0 aliphatic carbocycles. The fourth-order valence-corrected chi connectivity index (χ4v) is 5.36. The number of alkyl halides is 3. The molecule has 0 fully saturated rings. The number of carbonyl (C=O) groups excluding carboxylic acids is 2. The van der Waals surface area contributed by atoms with Crippen molar-refractivity contribution in [3.63, 3.8) is 0 Å². The lowest BCUT2D eigenvalue weighted by atomic mass is 10.0. The summed E-state index contributed by atoms with van der Waals surface area (Å²) in [6.07, 6.45) is -2.16. The third kappa shape index (κ3) is 9.34. The topological polar surface area (TPSA) is 86.8 Å². The normalized spacial score (nSPS) is 12.4. The van der Waals surface area contributed by atoms with Crippen molar-refractivity contribution in [3.05, 3.63) is 101 Å². The van der Waals surface area contributed by atoms with E-state index in [9.17, 15) is 31.2 Å². The summed E-state index contributed by atoms with van der Waals surface area (Å²) in [4.78, 5) is 28.9. The van der Waals surface area contributed by atoms with Gasteiger partial charge in [-0.3, -0.25) is 13.9 Å². The lowest BCUT2D eigenvalue weighted by molar-refractivity contribution is -0.140. The van der Waals surface area contributed by atoms with E-state index in [2.05, 4.69) is 5.32 Å². The summed E-state index contributed by atoms with van der Waals surface area (Å²) in [5.41, 5.74) is 1.08. The predicted octanol–water partition coefficient (Wildman–Crippen LogP) is 5.34. The van der Waals surface area contributed by atoms with Crippen LogP contribution in [-0.2, 0) is 38.8 Å². The van der Waals surface area contributed by atoms with Gasteiger partial charge in [0.15, 0.2) is 0 Å². The summed E-state index contributed by atoms with van der Waals surface area (Å²) < 4.78 is 66.6. The van der Waals surface area contributed by atoms with Gasteiger partial charge >= 0.3 is 6.18 Å². The highest BCUT2D eigenvalue weighted by molar-refractivity contribution is 7.92. The van der Waals surface area contributed by atoms with Gasteiger partial charge in [-0.05, 0) is 42.7 Å². The molecule has 1 atom stereocenters. The van der Waals surface area contributed by atoms with Crippen LogP contribution in [0.2, 0.25) is 0 Å². The number of rotatable bonds is 13. The van der Waals surface area contributed by atoms with Crippen LogP contribution < -0.4 is 9.62 Å². The van der Waals surface area contributed by atoms with E-state index in [1.54, 1.807) is 6.07 Å². The smallest absolute Gasteiger partial charge is 0.354 e. The van der Waals surface area contributed by atoms with Gasteiger partial charge in [-0.25, -0.2) is 8.42 Å². The molecule has 0 heterocycles. The summed E-state index contributed by atoms with van der Waals surface area (Å²) in [5.74, 6) is -1.14. The van der Waals surface area contributed by atoms with Crippen molar-refractivity contribution in [2.24, 2.45) is 0 Å². The molecule has 0 bridgehead atoms. The van der Waals surface area contributed by atoms with E-state index >= 15 is 0 Å². The minimum absolute atomic E-state index is 0.0145. The molecule has 3 aromatic carbocycles. The molecule has 0 saturated carbocycles. The first kappa shape index (κ1) is 32.7. The number of unbranched alkanes of at least 4 members (excludes halogenated alkanes) is 1. The summed E-state index contributed by atoms with van der Waals surface area (Å²) >= 11 is 0. The average molecular weight is 604 g/mol. The molecule has 11 heteroatoms. The quantitative estimate of drug-likeness (QED) is 0.268. The average Bonchev–Trinajstić information content (AvgIpc) is 2.93. The highest BCUT2D eigenvalue weighted by atomic mass is 32.2. The van der Waals surface area contributed by atoms with Crippen molar-refractivity contribution < 1.29 is 31.2 Å². The molecule has 0 aliphatic heterocycles. The Morgan fingerprint density at radius 3 is 2.21 bits per heavy atom. The van der Waals surface area contributed by atoms with Gasteiger partial charge < -0.3 is 10.2 Å². The Hall–Kier alpha value is -3.86. The van der Waals surface area contributed by atoms with Crippen molar-refractivity contribution in [3.8, 4) is 0 Å². The number of nitrogens with zero attached hydrogens (tertiary/aromatic N) is 2. The zero-order valence-corrected chi connectivity index (χ0v) is 24.7. The molecule has 0 spiro atoms. The third-order valence-electron chi connectivity index (χ3n) is 6.68. The van der Waals surface area contributed by atoms with Gasteiger partial charge in [0.25, 0.3) is 0 Å². The minimum atomic E-state index is -4.71. The van der Waals surface area contributed by atoms with Crippen LogP contribution in [0.5, 0.6) is 0 Å². The Balaban J connectivity index is 2.06. The number of halogens is 3. The second-order valence-corrected chi connectivity index (χ2v) is 12.1. The maximum atomic E-state index is 14.0. The van der Waals surface area contributed by atoms with Gasteiger partial charge in [0.1, 0.15) is 12.6 Å². The van der Waals surface area contributed by atoms with Crippen molar-refractivity contribution >= 4 is 27.5 Å². The summed E-state index contributed by atoms with van der Waals surface area (Å²) in [7, 11) is -4.19. The number of aryl methyl sites for hydroxylation is 1. The summed E-state index contributed by atoms with van der Waals surface area (Å²) in [6, 6.07) is 19.2. The van der Waals surface area contributed by atoms with Crippen LogP contribution >= 0.6 is 0 Å². The number of carbonyl (C=O) groups is 2. The molecule has 7 nitrogen and oxygen atoms in total. The lowest BCUT2D eigenvalue weighted by Gasteiger charge is -2.33. The monoisotopic (exact) mass is 603 g/mol. The Bertz CT molecular complexity index is 1460. The number of sulfonamides is 1. The van der Waals surface area contributed by atoms with Crippen LogP contribution in [0.15, 0.2) is 78.9 Å². The van der Waals surface area contributed by atoms with Gasteiger partial charge in [0.05, 0.1) is 17.5 Å². The molecule has 1 unspecified atom stereocenters. The molecule has 0 aliphatic rings. The molecule has 42 heavy (non-hydrogen) atoms. The third-order valence-corrected chi connectivity index (χ3v) is 7.82. The molecule has 1 N–H and O–H groups in total. The Labute approximate surface area is 245 Å². The van der Waals surface area contributed by atoms with Gasteiger partial charge in [-0.15, -0.1) is 0 Å². The Morgan fingerprint density at radius 2 is 1.60 bits per heavy atom. The first-order valence-corrected chi connectivity index (χ1v) is 15.5.